The van der Waals surface area contributed by atoms with Gasteiger partial charge in [0.05, 0.1) is 12.6 Å². The monoisotopic (exact) mass is 355 g/mol. The molecule has 4 nitrogen and oxygen atoms in total. The molecule has 0 radical (unpaired) electrons. The molecular weight excluding hydrogens is 336 g/mol. The third kappa shape index (κ3) is 3.03. The number of methoxy groups -OCH3 is 1. The number of fused-ring (bicyclic) bond motifs is 1. The Hall–Kier alpha value is -2.89. The lowest BCUT2D eigenvalue weighted by Gasteiger charge is -2.37. The molecule has 26 heavy (non-hydrogen) atoms. The predicted octanol–water partition coefficient (Wildman–Crippen LogP) is 3.85. The fourth-order valence-electron chi connectivity index (χ4n) is 3.44. The Morgan fingerprint density at radius 3 is 2.42 bits per heavy atom. The molecule has 2 heterocycles. The summed E-state index contributed by atoms with van der Waals surface area (Å²) in [5.41, 5.74) is 2.56. The van der Waals surface area contributed by atoms with Crippen molar-refractivity contribution in [3.8, 4) is 5.75 Å². The molecule has 0 aliphatic carbocycles. The first kappa shape index (κ1) is 16.6. The van der Waals surface area contributed by atoms with Crippen LogP contribution in [0, 0.1) is 11.6 Å². The van der Waals surface area contributed by atoms with E-state index in [1.165, 1.54) is 25.3 Å². The van der Waals surface area contributed by atoms with E-state index in [1.807, 2.05) is 12.1 Å². The summed E-state index contributed by atoms with van der Waals surface area (Å²) in [6, 6.07) is 11.7. The molecule has 0 saturated carbocycles. The first-order valence-electron chi connectivity index (χ1n) is 8.53. The summed E-state index contributed by atoms with van der Waals surface area (Å²) in [7, 11) is 1.46. The topological polar surface area (TPSA) is 28.6 Å². The summed E-state index contributed by atoms with van der Waals surface area (Å²) in [6.45, 7) is 3.14. The third-order valence-electron chi connectivity index (χ3n) is 4.80. The molecule has 1 aliphatic heterocycles. The van der Waals surface area contributed by atoms with Crippen LogP contribution in [-0.4, -0.2) is 38.3 Å². The van der Waals surface area contributed by atoms with Crippen molar-refractivity contribution in [3.05, 3.63) is 60.3 Å². The molecule has 0 N–H and O–H groups in total. The highest BCUT2D eigenvalue weighted by Crippen LogP contribution is 2.29. The fourth-order valence-corrected chi connectivity index (χ4v) is 3.44. The lowest BCUT2D eigenvalue weighted by molar-refractivity contribution is 0.386. The quantitative estimate of drug-likeness (QED) is 0.714. The van der Waals surface area contributed by atoms with E-state index in [-0.39, 0.29) is 17.4 Å². The van der Waals surface area contributed by atoms with Crippen LogP contribution in [0.3, 0.4) is 0 Å². The van der Waals surface area contributed by atoms with Gasteiger partial charge >= 0.3 is 0 Å². The molecule has 0 atom stereocenters. The predicted molar refractivity (Wildman–Crippen MR) is 99.1 cm³/mol. The summed E-state index contributed by atoms with van der Waals surface area (Å²) in [5, 5.41) is 0.942. The van der Waals surface area contributed by atoms with Crippen molar-refractivity contribution >= 4 is 22.3 Å². The first-order chi connectivity index (χ1) is 12.7. The summed E-state index contributed by atoms with van der Waals surface area (Å²) < 4.78 is 32.4. The molecule has 1 aliphatic rings. The van der Waals surface area contributed by atoms with Gasteiger partial charge in [-0.25, -0.2) is 8.78 Å². The van der Waals surface area contributed by atoms with Crippen LogP contribution in [0.15, 0.2) is 48.7 Å². The second kappa shape index (κ2) is 6.78. The van der Waals surface area contributed by atoms with Gasteiger partial charge in [0, 0.05) is 61.3 Å². The Kier molecular flexibility index (Phi) is 4.32. The Morgan fingerprint density at radius 2 is 1.69 bits per heavy atom. The normalized spacial score (nSPS) is 14.7. The minimum atomic E-state index is -0.352. The zero-order valence-electron chi connectivity index (χ0n) is 14.5. The van der Waals surface area contributed by atoms with Gasteiger partial charge in [0.25, 0.3) is 0 Å². The van der Waals surface area contributed by atoms with E-state index < -0.39 is 0 Å². The van der Waals surface area contributed by atoms with Gasteiger partial charge in [-0.3, -0.25) is 4.98 Å². The minimum absolute atomic E-state index is 0.253. The van der Waals surface area contributed by atoms with Gasteiger partial charge in [0.1, 0.15) is 5.82 Å². The van der Waals surface area contributed by atoms with Crippen LogP contribution in [0.1, 0.15) is 0 Å². The second-order valence-corrected chi connectivity index (χ2v) is 6.28. The summed E-state index contributed by atoms with van der Waals surface area (Å²) in [5.74, 6) is -0.383. The van der Waals surface area contributed by atoms with Crippen molar-refractivity contribution in [2.24, 2.45) is 0 Å². The van der Waals surface area contributed by atoms with Crippen molar-refractivity contribution in [3.63, 3.8) is 0 Å². The number of rotatable bonds is 3. The highest BCUT2D eigenvalue weighted by atomic mass is 19.1. The number of nitrogens with zero attached hydrogens (tertiary/aromatic N) is 3. The maximum atomic E-state index is 14.0. The largest absolute Gasteiger partial charge is 0.494 e. The van der Waals surface area contributed by atoms with Crippen molar-refractivity contribution in [1.82, 2.24) is 4.98 Å². The molecule has 1 aromatic heterocycles. The number of hydrogen-bond acceptors (Lipinski definition) is 4. The highest BCUT2D eigenvalue weighted by molar-refractivity contribution is 5.91. The molecule has 134 valence electrons. The van der Waals surface area contributed by atoms with Crippen LogP contribution in [0.25, 0.3) is 10.9 Å². The first-order valence-corrected chi connectivity index (χ1v) is 8.53. The molecule has 3 aromatic rings. The van der Waals surface area contributed by atoms with E-state index in [2.05, 4.69) is 14.8 Å². The van der Waals surface area contributed by atoms with Crippen molar-refractivity contribution < 1.29 is 13.5 Å². The smallest absolute Gasteiger partial charge is 0.167 e. The van der Waals surface area contributed by atoms with Gasteiger partial charge in [-0.2, -0.15) is 0 Å². The van der Waals surface area contributed by atoms with Crippen molar-refractivity contribution in [1.29, 1.82) is 0 Å². The van der Waals surface area contributed by atoms with E-state index in [4.69, 9.17) is 4.74 Å². The Bertz CT molecular complexity index is 939. The van der Waals surface area contributed by atoms with Crippen LogP contribution < -0.4 is 14.5 Å². The van der Waals surface area contributed by atoms with Crippen molar-refractivity contribution in [2.75, 3.05) is 43.1 Å². The Morgan fingerprint density at radius 1 is 0.923 bits per heavy atom. The van der Waals surface area contributed by atoms with E-state index in [9.17, 15) is 8.78 Å². The van der Waals surface area contributed by atoms with Gasteiger partial charge < -0.3 is 14.5 Å². The SMILES string of the molecule is COc1ccc(N2CCN(c3ccnc4cc(F)ccc34)CC2)cc1F. The molecule has 0 spiro atoms. The number of hydrogen-bond donors (Lipinski definition) is 0. The lowest BCUT2D eigenvalue weighted by Crippen LogP contribution is -2.46. The molecule has 1 fully saturated rings. The zero-order valence-corrected chi connectivity index (χ0v) is 14.5. The van der Waals surface area contributed by atoms with E-state index >= 15 is 0 Å². The Labute approximate surface area is 150 Å². The number of halogens is 2. The van der Waals surface area contributed by atoms with Crippen molar-refractivity contribution in [2.45, 2.75) is 0 Å². The molecular formula is C20H19F2N3O. The van der Waals surface area contributed by atoms with Crippen LogP contribution in [-0.2, 0) is 0 Å². The van der Waals surface area contributed by atoms with Gasteiger partial charge in [-0.1, -0.05) is 0 Å². The summed E-state index contributed by atoms with van der Waals surface area (Å²) >= 11 is 0. The third-order valence-corrected chi connectivity index (χ3v) is 4.80. The number of piperazine rings is 1. The molecule has 1 saturated heterocycles. The van der Waals surface area contributed by atoms with E-state index in [1.54, 1.807) is 18.3 Å². The van der Waals surface area contributed by atoms with Gasteiger partial charge in [0.2, 0.25) is 0 Å². The number of aromatic nitrogens is 1. The lowest BCUT2D eigenvalue weighted by atomic mass is 10.1. The van der Waals surface area contributed by atoms with E-state index in [0.717, 1.165) is 42.9 Å². The minimum Gasteiger partial charge on any atom is -0.494 e. The number of pyridine rings is 1. The molecule has 6 heteroatoms. The highest BCUT2D eigenvalue weighted by Gasteiger charge is 2.20. The fraction of sp³-hybridized carbons (Fsp3) is 0.250. The average Bonchev–Trinajstić information content (AvgIpc) is 2.67. The van der Waals surface area contributed by atoms with Gasteiger partial charge in [-0.15, -0.1) is 0 Å². The zero-order chi connectivity index (χ0) is 18.1. The Balaban J connectivity index is 1.53. The number of anilines is 2. The summed E-state index contributed by atoms with van der Waals surface area (Å²) in [6.07, 6.45) is 1.71. The second-order valence-electron chi connectivity index (χ2n) is 6.28. The molecule has 4 rings (SSSR count). The number of ether oxygens (including phenoxy) is 1. The van der Waals surface area contributed by atoms with E-state index in [0.29, 0.717) is 5.52 Å². The molecule has 0 amide bonds. The van der Waals surface area contributed by atoms with Crippen LogP contribution in [0.4, 0.5) is 20.2 Å². The van der Waals surface area contributed by atoms with Gasteiger partial charge in [-0.05, 0) is 30.3 Å². The molecule has 0 unspecified atom stereocenters. The van der Waals surface area contributed by atoms with Crippen LogP contribution in [0.2, 0.25) is 0 Å². The average molecular weight is 355 g/mol. The maximum Gasteiger partial charge on any atom is 0.167 e. The molecule has 2 aromatic carbocycles. The van der Waals surface area contributed by atoms with Crippen LogP contribution >= 0.6 is 0 Å². The maximum absolute atomic E-state index is 14.0. The number of benzene rings is 2. The van der Waals surface area contributed by atoms with Gasteiger partial charge in [0.15, 0.2) is 11.6 Å². The van der Waals surface area contributed by atoms with Crippen LogP contribution in [0.5, 0.6) is 5.75 Å². The summed E-state index contributed by atoms with van der Waals surface area (Å²) in [4.78, 5) is 8.67. The standard InChI is InChI=1S/C20H19F2N3O/c1-26-20-5-3-15(13-17(20)22)24-8-10-25(11-9-24)19-6-7-23-18-12-14(21)2-4-16(18)19/h2-7,12-13H,8-11H2,1H3. The molecule has 0 bridgehead atoms.